The zero-order valence-electron chi connectivity index (χ0n) is 11.9. The first-order chi connectivity index (χ1) is 10.2. The molecule has 3 rings (SSSR count). The lowest BCUT2D eigenvalue weighted by molar-refractivity contribution is -0.133. The number of imide groups is 1. The van der Waals surface area contributed by atoms with Crippen molar-refractivity contribution in [3.63, 3.8) is 0 Å². The van der Waals surface area contributed by atoms with E-state index in [1.807, 2.05) is 12.1 Å². The van der Waals surface area contributed by atoms with Crippen LogP contribution in [0.2, 0.25) is 0 Å². The number of piperazine rings is 1. The fraction of sp³-hybridized carbons (Fsp3) is 0.467. The SMILES string of the molecule is O=C1CCC(Nc2cccc(N3CCNCC3)c2)C(=O)N1. The van der Waals surface area contributed by atoms with Crippen molar-refractivity contribution in [2.45, 2.75) is 18.9 Å². The number of anilines is 2. The van der Waals surface area contributed by atoms with Gasteiger partial charge in [0, 0.05) is 44.0 Å². The number of hydrogen-bond donors (Lipinski definition) is 3. The van der Waals surface area contributed by atoms with Crippen LogP contribution < -0.4 is 20.9 Å². The summed E-state index contributed by atoms with van der Waals surface area (Å²) < 4.78 is 0. The first kappa shape index (κ1) is 13.9. The molecule has 0 saturated carbocycles. The molecule has 0 spiro atoms. The van der Waals surface area contributed by atoms with E-state index >= 15 is 0 Å². The highest BCUT2D eigenvalue weighted by Gasteiger charge is 2.26. The molecule has 0 bridgehead atoms. The highest BCUT2D eigenvalue weighted by Crippen LogP contribution is 2.21. The molecule has 0 aromatic heterocycles. The quantitative estimate of drug-likeness (QED) is 0.698. The number of hydrogen-bond acceptors (Lipinski definition) is 5. The number of piperidine rings is 1. The average molecular weight is 288 g/mol. The summed E-state index contributed by atoms with van der Waals surface area (Å²) in [5, 5.41) is 8.93. The van der Waals surface area contributed by atoms with Gasteiger partial charge in [-0.25, -0.2) is 0 Å². The van der Waals surface area contributed by atoms with Crippen molar-refractivity contribution < 1.29 is 9.59 Å². The van der Waals surface area contributed by atoms with Gasteiger partial charge in [0.25, 0.3) is 0 Å². The van der Waals surface area contributed by atoms with Crippen LogP contribution in [0.1, 0.15) is 12.8 Å². The van der Waals surface area contributed by atoms with E-state index in [1.165, 1.54) is 0 Å². The van der Waals surface area contributed by atoms with Crippen molar-refractivity contribution in [1.29, 1.82) is 0 Å². The summed E-state index contributed by atoms with van der Waals surface area (Å²) in [7, 11) is 0. The fourth-order valence-corrected chi connectivity index (χ4v) is 2.75. The van der Waals surface area contributed by atoms with Crippen molar-refractivity contribution in [3.8, 4) is 0 Å². The third kappa shape index (κ3) is 3.33. The third-order valence-corrected chi connectivity index (χ3v) is 3.91. The molecular formula is C15H20N4O2. The summed E-state index contributed by atoms with van der Waals surface area (Å²) in [6, 6.07) is 7.76. The molecule has 6 nitrogen and oxygen atoms in total. The van der Waals surface area contributed by atoms with E-state index in [-0.39, 0.29) is 17.9 Å². The maximum Gasteiger partial charge on any atom is 0.249 e. The van der Waals surface area contributed by atoms with E-state index in [9.17, 15) is 9.59 Å². The van der Waals surface area contributed by atoms with Crippen LogP contribution in [0.15, 0.2) is 24.3 Å². The summed E-state index contributed by atoms with van der Waals surface area (Å²) in [6.07, 6.45) is 0.934. The van der Waals surface area contributed by atoms with E-state index in [4.69, 9.17) is 0 Å². The first-order valence-electron chi connectivity index (χ1n) is 7.38. The lowest BCUT2D eigenvalue weighted by Gasteiger charge is -2.30. The molecule has 1 aromatic rings. The van der Waals surface area contributed by atoms with E-state index < -0.39 is 0 Å². The Labute approximate surface area is 123 Å². The molecule has 1 atom stereocenters. The Morgan fingerprint density at radius 2 is 2.00 bits per heavy atom. The third-order valence-electron chi connectivity index (χ3n) is 3.91. The predicted octanol–water partition coefficient (Wildman–Crippen LogP) is 0.313. The summed E-state index contributed by atoms with van der Waals surface area (Å²) in [4.78, 5) is 25.3. The molecule has 21 heavy (non-hydrogen) atoms. The lowest BCUT2D eigenvalue weighted by atomic mass is 10.1. The fourth-order valence-electron chi connectivity index (χ4n) is 2.75. The molecule has 2 aliphatic heterocycles. The van der Waals surface area contributed by atoms with Gasteiger partial charge in [0.2, 0.25) is 11.8 Å². The highest BCUT2D eigenvalue weighted by atomic mass is 16.2. The summed E-state index contributed by atoms with van der Waals surface area (Å²) in [5.74, 6) is -0.425. The number of rotatable bonds is 3. The summed E-state index contributed by atoms with van der Waals surface area (Å²) in [6.45, 7) is 3.96. The molecule has 2 fully saturated rings. The lowest BCUT2D eigenvalue weighted by Crippen LogP contribution is -2.47. The van der Waals surface area contributed by atoms with Gasteiger partial charge in [0.05, 0.1) is 0 Å². The van der Waals surface area contributed by atoms with Crippen LogP contribution in [0, 0.1) is 0 Å². The normalized spacial score (nSPS) is 22.9. The second-order valence-corrected chi connectivity index (χ2v) is 5.44. The average Bonchev–Trinajstić information content (AvgIpc) is 2.51. The summed E-state index contributed by atoms with van der Waals surface area (Å²) in [5.41, 5.74) is 2.08. The van der Waals surface area contributed by atoms with Crippen molar-refractivity contribution in [2.24, 2.45) is 0 Å². The molecule has 1 unspecified atom stereocenters. The molecule has 2 saturated heterocycles. The van der Waals surface area contributed by atoms with Gasteiger partial charge in [0.1, 0.15) is 6.04 Å². The largest absolute Gasteiger partial charge is 0.374 e. The minimum absolute atomic E-state index is 0.187. The molecule has 2 amide bonds. The van der Waals surface area contributed by atoms with Gasteiger partial charge < -0.3 is 15.5 Å². The van der Waals surface area contributed by atoms with Crippen LogP contribution in [0.4, 0.5) is 11.4 Å². The van der Waals surface area contributed by atoms with Gasteiger partial charge in [0.15, 0.2) is 0 Å². The Bertz CT molecular complexity index is 540. The summed E-state index contributed by atoms with van der Waals surface area (Å²) >= 11 is 0. The Kier molecular flexibility index (Phi) is 4.06. The van der Waals surface area contributed by atoms with Crippen LogP contribution >= 0.6 is 0 Å². The zero-order valence-corrected chi connectivity index (χ0v) is 11.9. The van der Waals surface area contributed by atoms with E-state index in [0.717, 1.165) is 37.6 Å². The molecule has 112 valence electrons. The van der Waals surface area contributed by atoms with Gasteiger partial charge in [-0.15, -0.1) is 0 Å². The van der Waals surface area contributed by atoms with E-state index in [0.29, 0.717) is 12.8 Å². The topological polar surface area (TPSA) is 73.5 Å². The minimum Gasteiger partial charge on any atom is -0.374 e. The number of benzene rings is 1. The van der Waals surface area contributed by atoms with Crippen LogP contribution in [0.25, 0.3) is 0 Å². The smallest absolute Gasteiger partial charge is 0.249 e. The second kappa shape index (κ2) is 6.13. The van der Waals surface area contributed by atoms with Crippen LogP contribution in [0.3, 0.4) is 0 Å². The Morgan fingerprint density at radius 3 is 2.76 bits per heavy atom. The molecule has 2 heterocycles. The standard InChI is InChI=1S/C15H20N4O2/c20-14-5-4-13(15(21)18-14)17-11-2-1-3-12(10-11)19-8-6-16-7-9-19/h1-3,10,13,16-17H,4-9H2,(H,18,20,21). The van der Waals surface area contributed by atoms with Gasteiger partial charge in [-0.05, 0) is 24.6 Å². The zero-order chi connectivity index (χ0) is 14.7. The van der Waals surface area contributed by atoms with E-state index in [1.54, 1.807) is 0 Å². The van der Waals surface area contributed by atoms with Crippen molar-refractivity contribution in [2.75, 3.05) is 36.4 Å². The van der Waals surface area contributed by atoms with Crippen LogP contribution in [-0.2, 0) is 9.59 Å². The molecule has 6 heteroatoms. The van der Waals surface area contributed by atoms with Gasteiger partial charge in [-0.2, -0.15) is 0 Å². The number of carbonyl (C=O) groups excluding carboxylic acids is 2. The highest BCUT2D eigenvalue weighted by molar-refractivity contribution is 6.01. The molecule has 3 N–H and O–H groups in total. The van der Waals surface area contributed by atoms with E-state index in [2.05, 4.69) is 33.0 Å². The van der Waals surface area contributed by atoms with Gasteiger partial charge in [-0.1, -0.05) is 6.07 Å². The Morgan fingerprint density at radius 1 is 1.19 bits per heavy atom. The second-order valence-electron chi connectivity index (χ2n) is 5.44. The number of nitrogens with zero attached hydrogens (tertiary/aromatic N) is 1. The Hall–Kier alpha value is -2.08. The van der Waals surface area contributed by atoms with Gasteiger partial charge >= 0.3 is 0 Å². The van der Waals surface area contributed by atoms with Gasteiger partial charge in [-0.3, -0.25) is 14.9 Å². The molecular weight excluding hydrogens is 268 g/mol. The number of amides is 2. The molecule has 2 aliphatic rings. The monoisotopic (exact) mass is 288 g/mol. The van der Waals surface area contributed by atoms with Crippen LogP contribution in [0.5, 0.6) is 0 Å². The van der Waals surface area contributed by atoms with Crippen molar-refractivity contribution in [3.05, 3.63) is 24.3 Å². The predicted molar refractivity (Wildman–Crippen MR) is 81.3 cm³/mol. The Balaban J connectivity index is 1.68. The minimum atomic E-state index is -0.332. The molecule has 1 aromatic carbocycles. The first-order valence-corrected chi connectivity index (χ1v) is 7.38. The molecule has 0 radical (unpaired) electrons. The molecule has 0 aliphatic carbocycles. The maximum atomic E-state index is 11.8. The van der Waals surface area contributed by atoms with Crippen LogP contribution in [-0.4, -0.2) is 44.0 Å². The van der Waals surface area contributed by atoms with Crippen molar-refractivity contribution in [1.82, 2.24) is 10.6 Å². The maximum absolute atomic E-state index is 11.8. The number of nitrogens with one attached hydrogen (secondary N) is 3. The van der Waals surface area contributed by atoms with Crippen molar-refractivity contribution >= 4 is 23.2 Å². The number of carbonyl (C=O) groups is 2.